The summed E-state index contributed by atoms with van der Waals surface area (Å²) in [4.78, 5) is 11.1. The van der Waals surface area contributed by atoms with Gasteiger partial charge in [0, 0.05) is 5.56 Å². The van der Waals surface area contributed by atoms with E-state index in [1.54, 1.807) is 24.3 Å². The standard InChI is InChI=1S/C12H8N2O3/c1-7-10(12(15)16)11(14-17-7)9-4-2-3-8(5-9)6-13/h2-5H,1H3,(H,15,16). The largest absolute Gasteiger partial charge is 0.477 e. The fraction of sp³-hybridized carbons (Fsp3) is 0.0833. The van der Waals surface area contributed by atoms with Crippen molar-refractivity contribution >= 4 is 5.97 Å². The molecule has 17 heavy (non-hydrogen) atoms. The molecule has 1 N–H and O–H groups in total. The second kappa shape index (κ2) is 4.10. The zero-order chi connectivity index (χ0) is 12.4. The van der Waals surface area contributed by atoms with Gasteiger partial charge in [0.1, 0.15) is 17.0 Å². The predicted molar refractivity (Wildman–Crippen MR) is 58.4 cm³/mol. The number of hydrogen-bond acceptors (Lipinski definition) is 4. The Labute approximate surface area is 96.9 Å². The number of aromatic carboxylic acids is 1. The zero-order valence-corrected chi connectivity index (χ0v) is 8.97. The maximum absolute atomic E-state index is 11.1. The van der Waals surface area contributed by atoms with Gasteiger partial charge >= 0.3 is 5.97 Å². The zero-order valence-electron chi connectivity index (χ0n) is 8.97. The predicted octanol–water partition coefficient (Wildman–Crippen LogP) is 2.22. The van der Waals surface area contributed by atoms with Crippen LogP contribution in [-0.4, -0.2) is 16.2 Å². The molecule has 0 spiro atoms. The van der Waals surface area contributed by atoms with E-state index in [4.69, 9.17) is 14.9 Å². The highest BCUT2D eigenvalue weighted by molar-refractivity contribution is 5.95. The molecule has 0 aliphatic rings. The van der Waals surface area contributed by atoms with E-state index in [9.17, 15) is 4.79 Å². The highest BCUT2D eigenvalue weighted by atomic mass is 16.5. The summed E-state index contributed by atoms with van der Waals surface area (Å²) in [5.74, 6) is -0.851. The molecule has 1 heterocycles. The molecule has 5 heteroatoms. The molecule has 0 amide bonds. The Morgan fingerprint density at radius 2 is 2.29 bits per heavy atom. The van der Waals surface area contributed by atoms with Gasteiger partial charge in [0.15, 0.2) is 0 Å². The van der Waals surface area contributed by atoms with E-state index in [1.165, 1.54) is 6.92 Å². The van der Waals surface area contributed by atoms with Crippen molar-refractivity contribution in [1.29, 1.82) is 5.26 Å². The SMILES string of the molecule is Cc1onc(-c2cccc(C#N)c2)c1C(=O)O. The molecule has 0 fully saturated rings. The average molecular weight is 228 g/mol. The van der Waals surface area contributed by atoms with Gasteiger partial charge in [0.05, 0.1) is 11.6 Å². The summed E-state index contributed by atoms with van der Waals surface area (Å²) < 4.78 is 4.87. The van der Waals surface area contributed by atoms with Crippen molar-refractivity contribution in [3.63, 3.8) is 0 Å². The summed E-state index contributed by atoms with van der Waals surface area (Å²) in [6, 6.07) is 8.55. The highest BCUT2D eigenvalue weighted by Crippen LogP contribution is 2.25. The Kier molecular flexibility index (Phi) is 2.63. The number of nitrogens with zero attached hydrogens (tertiary/aromatic N) is 2. The monoisotopic (exact) mass is 228 g/mol. The molecule has 0 bridgehead atoms. The van der Waals surface area contributed by atoms with E-state index in [0.717, 1.165) is 0 Å². The molecule has 2 rings (SSSR count). The van der Waals surface area contributed by atoms with Crippen LogP contribution in [-0.2, 0) is 0 Å². The normalized spacial score (nSPS) is 9.88. The first-order valence-electron chi connectivity index (χ1n) is 4.83. The number of hydrogen-bond donors (Lipinski definition) is 1. The van der Waals surface area contributed by atoms with Crippen LogP contribution in [0.25, 0.3) is 11.3 Å². The lowest BCUT2D eigenvalue weighted by molar-refractivity contribution is 0.0696. The number of aryl methyl sites for hydroxylation is 1. The van der Waals surface area contributed by atoms with Crippen molar-refractivity contribution in [3.05, 3.63) is 41.2 Å². The molecule has 0 aliphatic heterocycles. The summed E-state index contributed by atoms with van der Waals surface area (Å²) >= 11 is 0. The minimum Gasteiger partial charge on any atom is -0.477 e. The van der Waals surface area contributed by atoms with Crippen LogP contribution in [0.3, 0.4) is 0 Å². The molecule has 1 aromatic carbocycles. The van der Waals surface area contributed by atoms with Crippen molar-refractivity contribution in [2.75, 3.05) is 0 Å². The van der Waals surface area contributed by atoms with Crippen LogP contribution >= 0.6 is 0 Å². The van der Waals surface area contributed by atoms with Crippen LogP contribution in [0.2, 0.25) is 0 Å². The second-order valence-electron chi connectivity index (χ2n) is 3.46. The topological polar surface area (TPSA) is 87.1 Å². The lowest BCUT2D eigenvalue weighted by Gasteiger charge is -1.98. The van der Waals surface area contributed by atoms with Crippen molar-refractivity contribution < 1.29 is 14.4 Å². The number of nitriles is 1. The molecule has 0 saturated heterocycles. The summed E-state index contributed by atoms with van der Waals surface area (Å²) in [5, 5.41) is 21.6. The van der Waals surface area contributed by atoms with Crippen LogP contribution in [0.1, 0.15) is 21.7 Å². The Morgan fingerprint density at radius 1 is 1.53 bits per heavy atom. The first-order valence-corrected chi connectivity index (χ1v) is 4.83. The van der Waals surface area contributed by atoms with Gasteiger partial charge in [0.25, 0.3) is 0 Å². The minimum absolute atomic E-state index is 0.0279. The van der Waals surface area contributed by atoms with Crippen LogP contribution in [0.15, 0.2) is 28.8 Å². The third-order valence-corrected chi connectivity index (χ3v) is 2.34. The van der Waals surface area contributed by atoms with Gasteiger partial charge in [0.2, 0.25) is 0 Å². The Bertz CT molecular complexity index is 623. The van der Waals surface area contributed by atoms with E-state index in [1.807, 2.05) is 6.07 Å². The lowest BCUT2D eigenvalue weighted by atomic mass is 10.0. The first-order chi connectivity index (χ1) is 8.13. The van der Waals surface area contributed by atoms with E-state index in [2.05, 4.69) is 5.16 Å². The molecule has 0 radical (unpaired) electrons. The maximum atomic E-state index is 11.1. The number of rotatable bonds is 2. The average Bonchev–Trinajstić information content (AvgIpc) is 2.71. The van der Waals surface area contributed by atoms with E-state index < -0.39 is 5.97 Å². The van der Waals surface area contributed by atoms with Crippen molar-refractivity contribution in [3.8, 4) is 17.3 Å². The number of carbonyl (C=O) groups is 1. The summed E-state index contributed by atoms with van der Waals surface area (Å²) in [5.41, 5.74) is 1.27. The van der Waals surface area contributed by atoms with Gasteiger partial charge in [-0.25, -0.2) is 4.79 Å². The Morgan fingerprint density at radius 3 is 2.94 bits per heavy atom. The highest BCUT2D eigenvalue weighted by Gasteiger charge is 2.20. The molecule has 1 aromatic heterocycles. The van der Waals surface area contributed by atoms with Crippen LogP contribution in [0.4, 0.5) is 0 Å². The molecule has 0 atom stereocenters. The number of aromatic nitrogens is 1. The van der Waals surface area contributed by atoms with E-state index in [0.29, 0.717) is 11.1 Å². The van der Waals surface area contributed by atoms with E-state index in [-0.39, 0.29) is 17.0 Å². The fourth-order valence-corrected chi connectivity index (χ4v) is 1.56. The van der Waals surface area contributed by atoms with Crippen molar-refractivity contribution in [2.24, 2.45) is 0 Å². The summed E-state index contributed by atoms with van der Waals surface area (Å²) in [6.07, 6.45) is 0. The van der Waals surface area contributed by atoms with Gasteiger partial charge in [-0.3, -0.25) is 0 Å². The summed E-state index contributed by atoms with van der Waals surface area (Å²) in [6.45, 7) is 1.54. The Balaban J connectivity index is 2.61. The molecule has 0 unspecified atom stereocenters. The Hall–Kier alpha value is -2.61. The van der Waals surface area contributed by atoms with Crippen LogP contribution < -0.4 is 0 Å². The van der Waals surface area contributed by atoms with Crippen LogP contribution in [0.5, 0.6) is 0 Å². The fourth-order valence-electron chi connectivity index (χ4n) is 1.56. The van der Waals surface area contributed by atoms with Gasteiger partial charge in [-0.1, -0.05) is 17.3 Å². The first kappa shape index (κ1) is 10.9. The number of carboxylic acids is 1. The third kappa shape index (κ3) is 1.88. The van der Waals surface area contributed by atoms with E-state index >= 15 is 0 Å². The van der Waals surface area contributed by atoms with Gasteiger partial charge in [-0.05, 0) is 19.1 Å². The lowest BCUT2D eigenvalue weighted by Crippen LogP contribution is -1.99. The smallest absolute Gasteiger partial charge is 0.341 e. The van der Waals surface area contributed by atoms with Crippen molar-refractivity contribution in [2.45, 2.75) is 6.92 Å². The summed E-state index contributed by atoms with van der Waals surface area (Å²) in [7, 11) is 0. The molecule has 0 aliphatic carbocycles. The molecule has 2 aromatic rings. The molecular formula is C12H8N2O3. The molecule has 5 nitrogen and oxygen atoms in total. The van der Waals surface area contributed by atoms with Gasteiger partial charge in [-0.15, -0.1) is 0 Å². The third-order valence-electron chi connectivity index (χ3n) is 2.34. The minimum atomic E-state index is -1.10. The molecule has 84 valence electrons. The van der Waals surface area contributed by atoms with Gasteiger partial charge < -0.3 is 9.63 Å². The van der Waals surface area contributed by atoms with Gasteiger partial charge in [-0.2, -0.15) is 5.26 Å². The number of carboxylic acid groups (broad SMARTS) is 1. The molecule has 0 saturated carbocycles. The van der Waals surface area contributed by atoms with Crippen molar-refractivity contribution in [1.82, 2.24) is 5.16 Å². The second-order valence-corrected chi connectivity index (χ2v) is 3.46. The maximum Gasteiger partial charge on any atom is 0.341 e. The number of benzene rings is 1. The van der Waals surface area contributed by atoms with Crippen LogP contribution in [0, 0.1) is 18.3 Å². The molecular weight excluding hydrogens is 220 g/mol. The quantitative estimate of drug-likeness (QED) is 0.851.